The molecule has 0 spiro atoms. The molecule has 1 aromatic rings. The molecule has 5 nitrogen and oxygen atoms in total. The van der Waals surface area contributed by atoms with Gasteiger partial charge in [-0.25, -0.2) is 0 Å². The molecule has 1 aliphatic rings. The van der Waals surface area contributed by atoms with Gasteiger partial charge in [0.15, 0.2) is 17.5 Å². The van der Waals surface area contributed by atoms with E-state index in [0.717, 1.165) is 31.0 Å². The minimum Gasteiger partial charge on any atom is -0.490 e. The maximum Gasteiger partial charge on any atom is 0.191 e. The first-order valence-electron chi connectivity index (χ1n) is 9.07. The summed E-state index contributed by atoms with van der Waals surface area (Å²) < 4.78 is 11.3. The van der Waals surface area contributed by atoms with Crippen molar-refractivity contribution in [1.82, 2.24) is 4.90 Å². The van der Waals surface area contributed by atoms with Gasteiger partial charge in [0.25, 0.3) is 0 Å². The molecule has 0 radical (unpaired) electrons. The van der Waals surface area contributed by atoms with Crippen molar-refractivity contribution in [2.24, 2.45) is 16.6 Å². The number of aliphatic imine (C=N–C) groups is 1. The van der Waals surface area contributed by atoms with Crippen molar-refractivity contribution in [3.8, 4) is 11.5 Å². The van der Waals surface area contributed by atoms with Crippen LogP contribution in [0.5, 0.6) is 11.5 Å². The Balaban J connectivity index is 1.93. The van der Waals surface area contributed by atoms with Crippen molar-refractivity contribution >= 4 is 5.96 Å². The lowest BCUT2D eigenvalue weighted by molar-refractivity contribution is 0.270. The summed E-state index contributed by atoms with van der Waals surface area (Å²) in [4.78, 5) is 6.77. The number of hydrogen-bond donors (Lipinski definition) is 1. The van der Waals surface area contributed by atoms with Crippen molar-refractivity contribution in [1.29, 1.82) is 0 Å². The average Bonchev–Trinajstić information content (AvgIpc) is 2.57. The van der Waals surface area contributed by atoms with Gasteiger partial charge in [-0.1, -0.05) is 13.0 Å². The van der Waals surface area contributed by atoms with Crippen LogP contribution >= 0.6 is 0 Å². The van der Waals surface area contributed by atoms with Crippen LogP contribution in [0.15, 0.2) is 23.2 Å². The second-order valence-corrected chi connectivity index (χ2v) is 6.33. The second kappa shape index (κ2) is 9.40. The first kappa shape index (κ1) is 18.4. The molecule has 1 heterocycles. The fraction of sp³-hybridized carbons (Fsp3) is 0.632. The molecule has 0 aromatic heterocycles. The van der Waals surface area contributed by atoms with E-state index in [2.05, 4.69) is 22.9 Å². The van der Waals surface area contributed by atoms with Crippen LogP contribution in [0.2, 0.25) is 0 Å². The summed E-state index contributed by atoms with van der Waals surface area (Å²) in [5, 5.41) is 0. The number of guanidine groups is 1. The Morgan fingerprint density at radius 3 is 2.71 bits per heavy atom. The number of likely N-dealkylation sites (tertiary alicyclic amines) is 1. The summed E-state index contributed by atoms with van der Waals surface area (Å²) in [5.41, 5.74) is 7.33. The highest BCUT2D eigenvalue weighted by atomic mass is 16.5. The normalized spacial score (nSPS) is 18.5. The van der Waals surface area contributed by atoms with Crippen molar-refractivity contribution in [3.05, 3.63) is 23.8 Å². The highest BCUT2D eigenvalue weighted by molar-refractivity contribution is 5.78. The third kappa shape index (κ3) is 5.32. The zero-order chi connectivity index (χ0) is 17.4. The van der Waals surface area contributed by atoms with Gasteiger partial charge in [0.1, 0.15) is 0 Å². The van der Waals surface area contributed by atoms with E-state index in [1.165, 1.54) is 18.4 Å². The van der Waals surface area contributed by atoms with Crippen LogP contribution in [-0.2, 0) is 6.42 Å². The molecule has 0 aliphatic carbocycles. The number of benzene rings is 1. The second-order valence-electron chi connectivity index (χ2n) is 6.33. The molecule has 134 valence electrons. The van der Waals surface area contributed by atoms with E-state index in [1.54, 1.807) is 0 Å². The topological polar surface area (TPSA) is 60.1 Å². The molecule has 0 bridgehead atoms. The fourth-order valence-electron chi connectivity index (χ4n) is 3.05. The molecule has 24 heavy (non-hydrogen) atoms. The molecule has 0 saturated carbocycles. The standard InChI is InChI=1S/C19H31N3O2/c1-4-23-17-9-8-16(13-18(17)24-5-2)10-11-21-19(20)22-12-6-7-15(3)14-22/h8-9,13,15H,4-7,10-12,14H2,1-3H3,(H2,20,21). The molecular formula is C19H31N3O2. The van der Waals surface area contributed by atoms with E-state index in [0.29, 0.717) is 31.6 Å². The Labute approximate surface area is 145 Å². The van der Waals surface area contributed by atoms with Crippen LogP contribution in [0.25, 0.3) is 0 Å². The molecule has 1 saturated heterocycles. The number of rotatable bonds is 7. The number of nitrogens with two attached hydrogens (primary N) is 1. The molecule has 1 atom stereocenters. The molecule has 5 heteroatoms. The molecule has 1 fully saturated rings. The summed E-state index contributed by atoms with van der Waals surface area (Å²) in [6.45, 7) is 10.2. The van der Waals surface area contributed by atoms with Crippen LogP contribution in [0.1, 0.15) is 39.2 Å². The average molecular weight is 333 g/mol. The molecule has 2 N–H and O–H groups in total. The number of piperidine rings is 1. The number of ether oxygens (including phenoxy) is 2. The minimum atomic E-state index is 0.627. The van der Waals surface area contributed by atoms with Gasteiger partial charge in [0.05, 0.1) is 13.2 Å². The number of nitrogens with zero attached hydrogens (tertiary/aromatic N) is 2. The maximum atomic E-state index is 6.15. The van der Waals surface area contributed by atoms with E-state index >= 15 is 0 Å². The quantitative estimate of drug-likeness (QED) is 0.615. The first-order valence-corrected chi connectivity index (χ1v) is 9.07. The van der Waals surface area contributed by atoms with Crippen molar-refractivity contribution < 1.29 is 9.47 Å². The van der Waals surface area contributed by atoms with Crippen LogP contribution in [0, 0.1) is 5.92 Å². The molecule has 1 aliphatic heterocycles. The van der Waals surface area contributed by atoms with E-state index in [1.807, 2.05) is 26.0 Å². The van der Waals surface area contributed by atoms with Gasteiger partial charge >= 0.3 is 0 Å². The van der Waals surface area contributed by atoms with Crippen molar-refractivity contribution in [3.63, 3.8) is 0 Å². The minimum absolute atomic E-state index is 0.627. The van der Waals surface area contributed by atoms with Gasteiger partial charge in [-0.2, -0.15) is 0 Å². The third-order valence-corrected chi connectivity index (χ3v) is 4.26. The highest BCUT2D eigenvalue weighted by Gasteiger charge is 2.17. The van der Waals surface area contributed by atoms with E-state index in [9.17, 15) is 0 Å². The lowest BCUT2D eigenvalue weighted by Gasteiger charge is -2.31. The van der Waals surface area contributed by atoms with E-state index in [4.69, 9.17) is 15.2 Å². The largest absolute Gasteiger partial charge is 0.490 e. The van der Waals surface area contributed by atoms with E-state index in [-0.39, 0.29) is 0 Å². The maximum absolute atomic E-state index is 6.15. The number of hydrogen-bond acceptors (Lipinski definition) is 3. The third-order valence-electron chi connectivity index (χ3n) is 4.26. The lowest BCUT2D eigenvalue weighted by Crippen LogP contribution is -2.43. The van der Waals surface area contributed by atoms with Gasteiger partial charge in [-0.15, -0.1) is 0 Å². The van der Waals surface area contributed by atoms with Crippen LogP contribution < -0.4 is 15.2 Å². The Kier molecular flexibility index (Phi) is 7.22. The smallest absolute Gasteiger partial charge is 0.191 e. The molecule has 1 aromatic carbocycles. The molecular weight excluding hydrogens is 302 g/mol. The van der Waals surface area contributed by atoms with Crippen LogP contribution in [-0.4, -0.2) is 43.7 Å². The Hall–Kier alpha value is -1.91. The summed E-state index contributed by atoms with van der Waals surface area (Å²) in [5.74, 6) is 2.98. The van der Waals surface area contributed by atoms with Crippen molar-refractivity contribution in [2.45, 2.75) is 40.0 Å². The summed E-state index contributed by atoms with van der Waals surface area (Å²) >= 11 is 0. The predicted octanol–water partition coefficient (Wildman–Crippen LogP) is 3.07. The van der Waals surface area contributed by atoms with Gasteiger partial charge < -0.3 is 20.1 Å². The predicted molar refractivity (Wildman–Crippen MR) is 98.9 cm³/mol. The Morgan fingerprint density at radius 1 is 1.25 bits per heavy atom. The summed E-state index contributed by atoms with van der Waals surface area (Å²) in [6, 6.07) is 6.09. The zero-order valence-electron chi connectivity index (χ0n) is 15.3. The van der Waals surface area contributed by atoms with Crippen molar-refractivity contribution in [2.75, 3.05) is 32.8 Å². The monoisotopic (exact) mass is 333 g/mol. The molecule has 1 unspecified atom stereocenters. The van der Waals surface area contributed by atoms with Gasteiger partial charge in [0.2, 0.25) is 0 Å². The Morgan fingerprint density at radius 2 is 2.00 bits per heavy atom. The van der Waals surface area contributed by atoms with Gasteiger partial charge in [0, 0.05) is 19.6 Å². The fourth-order valence-corrected chi connectivity index (χ4v) is 3.05. The Bertz CT molecular complexity index is 545. The summed E-state index contributed by atoms with van der Waals surface area (Å²) in [6.07, 6.45) is 3.33. The van der Waals surface area contributed by atoms with E-state index < -0.39 is 0 Å². The molecule has 2 rings (SSSR count). The zero-order valence-corrected chi connectivity index (χ0v) is 15.3. The SMILES string of the molecule is CCOc1ccc(CCN=C(N)N2CCCC(C)C2)cc1OCC. The van der Waals surface area contributed by atoms with Gasteiger partial charge in [-0.05, 0) is 56.7 Å². The molecule has 0 amide bonds. The first-order chi connectivity index (χ1) is 11.6. The van der Waals surface area contributed by atoms with Crippen LogP contribution in [0.3, 0.4) is 0 Å². The lowest BCUT2D eigenvalue weighted by atomic mass is 10.0. The highest BCUT2D eigenvalue weighted by Crippen LogP contribution is 2.28. The summed E-state index contributed by atoms with van der Waals surface area (Å²) in [7, 11) is 0. The van der Waals surface area contributed by atoms with Gasteiger partial charge in [-0.3, -0.25) is 4.99 Å². The van der Waals surface area contributed by atoms with Crippen LogP contribution in [0.4, 0.5) is 0 Å².